The van der Waals surface area contributed by atoms with Crippen LogP contribution in [-0.2, 0) is 0 Å². The number of aryl methyl sites for hydroxylation is 2. The smallest absolute Gasteiger partial charge is 0.261 e. The van der Waals surface area contributed by atoms with E-state index in [9.17, 15) is 0 Å². The number of para-hydroxylation sites is 2. The number of furan rings is 2. The van der Waals surface area contributed by atoms with Gasteiger partial charge in [0.05, 0.1) is 0 Å². The van der Waals surface area contributed by atoms with Crippen molar-refractivity contribution in [1.82, 2.24) is 0 Å². The summed E-state index contributed by atoms with van der Waals surface area (Å²) < 4.78 is 27.4. The standard InChI is InChI=1S/C44H25B2NO4/c1-22-11-15-30-28(19-22)45-38-36(48-34-17-13-26-24-7-3-5-9-32(24)50-43(26)40(34)45)21-37-39-42(38)47(30)31-16-12-23(2)20-29(31)46(39)41-35(49-37)18-14-27-25-8-4-6-10-33(25)51-44(27)41/h3-21H,1-2H3. The number of rotatable bonds is 0. The van der Waals surface area contributed by atoms with Crippen LogP contribution >= 0.6 is 0 Å². The molecular weight excluding hydrogens is 628 g/mol. The lowest BCUT2D eigenvalue weighted by Crippen LogP contribution is -2.67. The van der Waals surface area contributed by atoms with Gasteiger partial charge in [0.25, 0.3) is 13.4 Å². The van der Waals surface area contributed by atoms with Gasteiger partial charge in [-0.2, -0.15) is 0 Å². The molecule has 5 nitrogen and oxygen atoms in total. The monoisotopic (exact) mass is 653 g/mol. The van der Waals surface area contributed by atoms with Gasteiger partial charge in [-0.15, -0.1) is 0 Å². The Labute approximate surface area is 292 Å². The normalized spacial score (nSPS) is 14.3. The van der Waals surface area contributed by atoms with Crippen LogP contribution in [0.1, 0.15) is 11.1 Å². The van der Waals surface area contributed by atoms with Crippen molar-refractivity contribution in [3.8, 4) is 23.0 Å². The zero-order valence-electron chi connectivity index (χ0n) is 27.7. The summed E-state index contributed by atoms with van der Waals surface area (Å²) in [6, 6.07) is 41.0. The van der Waals surface area contributed by atoms with Crippen molar-refractivity contribution in [2.45, 2.75) is 13.8 Å². The predicted octanol–water partition coefficient (Wildman–Crippen LogP) is 7.44. The molecule has 0 spiro atoms. The minimum Gasteiger partial charge on any atom is -0.458 e. The zero-order valence-corrected chi connectivity index (χ0v) is 27.7. The maximum Gasteiger partial charge on any atom is 0.261 e. The summed E-state index contributed by atoms with van der Waals surface area (Å²) in [4.78, 5) is 2.47. The lowest BCUT2D eigenvalue weighted by atomic mass is 9.29. The zero-order chi connectivity index (χ0) is 33.3. The fourth-order valence-electron chi connectivity index (χ4n) is 9.66. The topological polar surface area (TPSA) is 48.0 Å². The Morgan fingerprint density at radius 2 is 0.941 bits per heavy atom. The summed E-state index contributed by atoms with van der Waals surface area (Å²) in [6.45, 7) is 4.13. The van der Waals surface area contributed by atoms with Crippen molar-refractivity contribution < 1.29 is 18.3 Å². The molecular formula is C44H25B2NO4. The largest absolute Gasteiger partial charge is 0.458 e. The molecule has 4 aliphatic rings. The average Bonchev–Trinajstić information content (AvgIpc) is 3.72. The quantitative estimate of drug-likeness (QED) is 0.159. The van der Waals surface area contributed by atoms with Gasteiger partial charge in [0.2, 0.25) is 0 Å². The molecule has 0 bridgehead atoms. The number of ether oxygens (including phenoxy) is 2. The Morgan fingerprint density at radius 1 is 0.451 bits per heavy atom. The fraction of sp³-hybridized carbons (Fsp3) is 0.0455. The fourth-order valence-corrected chi connectivity index (χ4v) is 9.66. The highest BCUT2D eigenvalue weighted by atomic mass is 16.5. The molecule has 13 rings (SSSR count). The first-order chi connectivity index (χ1) is 25.1. The first-order valence-electron chi connectivity index (χ1n) is 17.6. The van der Waals surface area contributed by atoms with E-state index in [0.717, 1.165) is 106 Å². The maximum atomic E-state index is 6.97. The van der Waals surface area contributed by atoms with Crippen LogP contribution < -0.4 is 47.2 Å². The maximum absolute atomic E-state index is 6.97. The Bertz CT molecular complexity index is 2900. The first-order valence-corrected chi connectivity index (χ1v) is 17.6. The third kappa shape index (κ3) is 3.13. The van der Waals surface area contributed by atoms with Gasteiger partial charge < -0.3 is 23.2 Å². The van der Waals surface area contributed by atoms with Crippen LogP contribution in [0.2, 0.25) is 0 Å². The number of benzene rings is 7. The molecule has 2 aromatic heterocycles. The number of hydrogen-bond acceptors (Lipinski definition) is 5. The Kier molecular flexibility index (Phi) is 4.61. The lowest BCUT2D eigenvalue weighted by Gasteiger charge is -2.47. The molecule has 0 saturated carbocycles. The second-order valence-electron chi connectivity index (χ2n) is 14.5. The highest BCUT2D eigenvalue weighted by Gasteiger charge is 2.52. The second-order valence-corrected chi connectivity index (χ2v) is 14.5. The van der Waals surface area contributed by atoms with E-state index in [0.29, 0.717) is 0 Å². The molecule has 0 amide bonds. The van der Waals surface area contributed by atoms with Crippen LogP contribution in [0.4, 0.5) is 17.1 Å². The average molecular weight is 653 g/mol. The lowest BCUT2D eigenvalue weighted by molar-refractivity contribution is 0.465. The van der Waals surface area contributed by atoms with Gasteiger partial charge in [-0.05, 0) is 84.2 Å². The second kappa shape index (κ2) is 8.87. The van der Waals surface area contributed by atoms with Crippen LogP contribution in [0.5, 0.6) is 23.0 Å². The number of nitrogens with zero attached hydrogens (tertiary/aromatic N) is 1. The summed E-state index contributed by atoms with van der Waals surface area (Å²) in [5.41, 5.74) is 16.3. The van der Waals surface area contributed by atoms with Gasteiger partial charge in [-0.3, -0.25) is 0 Å². The van der Waals surface area contributed by atoms with Gasteiger partial charge in [-0.25, -0.2) is 0 Å². The molecule has 236 valence electrons. The highest BCUT2D eigenvalue weighted by molar-refractivity contribution is 7.04. The number of anilines is 3. The molecule has 0 N–H and O–H groups in total. The molecule has 0 unspecified atom stereocenters. The third-order valence-corrected chi connectivity index (χ3v) is 11.7. The van der Waals surface area contributed by atoms with Crippen molar-refractivity contribution in [3.63, 3.8) is 0 Å². The van der Waals surface area contributed by atoms with E-state index in [1.807, 2.05) is 12.1 Å². The summed E-state index contributed by atoms with van der Waals surface area (Å²) in [5, 5.41) is 4.42. The molecule has 0 aliphatic carbocycles. The van der Waals surface area contributed by atoms with E-state index in [1.165, 1.54) is 22.1 Å². The summed E-state index contributed by atoms with van der Waals surface area (Å²) in [5.74, 6) is 3.26. The van der Waals surface area contributed by atoms with E-state index in [2.05, 4.69) is 122 Å². The molecule has 0 atom stereocenters. The molecule has 7 aromatic carbocycles. The molecule has 51 heavy (non-hydrogen) atoms. The molecule has 0 fully saturated rings. The van der Waals surface area contributed by atoms with Crippen LogP contribution in [0, 0.1) is 13.8 Å². The SMILES string of the molecule is Cc1ccc2c(c1)B1c3c(cc4c5c3N2c2ccc(C)cc2B5c2c(ccc3c2oc2ccccc23)O4)Oc2ccc3c(oc4ccccc43)c21. The predicted molar refractivity (Wildman–Crippen MR) is 207 cm³/mol. The highest BCUT2D eigenvalue weighted by Crippen LogP contribution is 2.47. The Balaban J connectivity index is 1.19. The number of fused-ring (bicyclic) bond motifs is 18. The molecule has 0 saturated heterocycles. The molecule has 7 heteroatoms. The van der Waals surface area contributed by atoms with E-state index in [1.54, 1.807) is 0 Å². The third-order valence-electron chi connectivity index (χ3n) is 11.7. The van der Waals surface area contributed by atoms with Gasteiger partial charge in [-0.1, -0.05) is 71.8 Å². The van der Waals surface area contributed by atoms with Crippen LogP contribution in [-0.4, -0.2) is 13.4 Å². The minimum atomic E-state index is -0.115. The van der Waals surface area contributed by atoms with E-state index in [-0.39, 0.29) is 13.4 Å². The van der Waals surface area contributed by atoms with Crippen molar-refractivity contribution in [3.05, 3.63) is 126 Å². The van der Waals surface area contributed by atoms with Crippen molar-refractivity contribution >= 4 is 107 Å². The van der Waals surface area contributed by atoms with Gasteiger partial charge >= 0.3 is 0 Å². The first kappa shape index (κ1) is 26.5. The molecule has 0 radical (unpaired) electrons. The Hall–Kier alpha value is -6.33. The van der Waals surface area contributed by atoms with Crippen LogP contribution in [0.15, 0.2) is 124 Å². The molecule has 9 aromatic rings. The van der Waals surface area contributed by atoms with Gasteiger partial charge in [0.15, 0.2) is 0 Å². The summed E-state index contributed by atoms with van der Waals surface area (Å²) in [7, 11) is 0. The Morgan fingerprint density at radius 3 is 1.45 bits per heavy atom. The van der Waals surface area contributed by atoms with Crippen molar-refractivity contribution in [1.29, 1.82) is 0 Å². The van der Waals surface area contributed by atoms with Crippen LogP contribution in [0.3, 0.4) is 0 Å². The molecule has 6 heterocycles. The minimum absolute atomic E-state index is 0.115. The molecule has 4 aliphatic heterocycles. The van der Waals surface area contributed by atoms with Crippen molar-refractivity contribution in [2.24, 2.45) is 0 Å². The number of hydrogen-bond donors (Lipinski definition) is 0. The van der Waals surface area contributed by atoms with Gasteiger partial charge in [0, 0.05) is 55.6 Å². The van der Waals surface area contributed by atoms with E-state index >= 15 is 0 Å². The van der Waals surface area contributed by atoms with Crippen LogP contribution in [0.25, 0.3) is 43.9 Å². The van der Waals surface area contributed by atoms with E-state index in [4.69, 9.17) is 18.3 Å². The summed E-state index contributed by atoms with van der Waals surface area (Å²) >= 11 is 0. The van der Waals surface area contributed by atoms with Crippen molar-refractivity contribution in [2.75, 3.05) is 4.90 Å². The van der Waals surface area contributed by atoms with E-state index < -0.39 is 0 Å². The summed E-state index contributed by atoms with van der Waals surface area (Å²) in [6.07, 6.45) is 0. The van der Waals surface area contributed by atoms with Gasteiger partial charge in [0.1, 0.15) is 45.3 Å².